The number of fused-ring (bicyclic) bond motifs is 1. The van der Waals surface area contributed by atoms with Crippen LogP contribution in [-0.2, 0) is 0 Å². The highest BCUT2D eigenvalue weighted by Crippen LogP contribution is 2.47. The number of nitrogens with zero attached hydrogens (tertiary/aromatic N) is 4. The van der Waals surface area contributed by atoms with E-state index in [-0.39, 0.29) is 46.2 Å². The number of amides is 1. The zero-order valence-corrected chi connectivity index (χ0v) is 19.5. The summed E-state index contributed by atoms with van der Waals surface area (Å²) in [6.45, 7) is 4.51. The van der Waals surface area contributed by atoms with Crippen molar-refractivity contribution in [2.24, 2.45) is 17.6 Å². The van der Waals surface area contributed by atoms with Crippen LogP contribution in [0.5, 0.6) is 0 Å². The van der Waals surface area contributed by atoms with Gasteiger partial charge in [-0.15, -0.1) is 0 Å². The Hall–Kier alpha value is -2.56. The Morgan fingerprint density at radius 1 is 1.15 bits per heavy atom. The first-order valence-electron chi connectivity index (χ1n) is 10.9. The van der Waals surface area contributed by atoms with Gasteiger partial charge in [0.05, 0.1) is 10.0 Å². The summed E-state index contributed by atoms with van der Waals surface area (Å²) in [7, 11) is 0. The maximum Gasteiger partial charge on any atom is 0.354 e. The standard InChI is InChI=1S/C21H25Cl2N7O3/c1-9-15(22)16(23)18(25-9)19(31)28-17-11-7-30(8-12(11)17)14-6-13(20(32)33)26-21(27-14)29-4-2-10(24)3-5-29/h6,10-12,17,25H,2-5,7-8,24H2,1H3,(H,28,31)(H,32,33)/t11-,12+,17?. The van der Waals surface area contributed by atoms with Crippen molar-refractivity contribution in [3.05, 3.63) is 33.2 Å². The number of hydrogen-bond donors (Lipinski definition) is 4. The van der Waals surface area contributed by atoms with Crippen LogP contribution in [0.1, 0.15) is 39.5 Å². The summed E-state index contributed by atoms with van der Waals surface area (Å²) in [6.07, 6.45) is 1.64. The number of aryl methyl sites for hydroxylation is 1. The summed E-state index contributed by atoms with van der Waals surface area (Å²) < 4.78 is 0. The minimum atomic E-state index is -1.08. The van der Waals surface area contributed by atoms with Crippen molar-refractivity contribution < 1.29 is 14.7 Å². The Labute approximate surface area is 200 Å². The summed E-state index contributed by atoms with van der Waals surface area (Å²) in [5.74, 6) is 0.190. The number of carbonyl (C=O) groups excluding carboxylic acids is 1. The summed E-state index contributed by atoms with van der Waals surface area (Å²) in [4.78, 5) is 40.2. The number of carbonyl (C=O) groups is 2. The van der Waals surface area contributed by atoms with Crippen molar-refractivity contribution in [1.29, 1.82) is 0 Å². The van der Waals surface area contributed by atoms with E-state index in [9.17, 15) is 14.7 Å². The van der Waals surface area contributed by atoms with E-state index >= 15 is 0 Å². The minimum absolute atomic E-state index is 0.0241. The fourth-order valence-electron chi connectivity index (χ4n) is 4.81. The minimum Gasteiger partial charge on any atom is -0.477 e. The van der Waals surface area contributed by atoms with Crippen LogP contribution < -0.4 is 20.9 Å². The smallest absolute Gasteiger partial charge is 0.354 e. The van der Waals surface area contributed by atoms with Gasteiger partial charge in [0.25, 0.3) is 5.91 Å². The number of aromatic carboxylic acids is 1. The Balaban J connectivity index is 1.26. The molecule has 2 aromatic rings. The van der Waals surface area contributed by atoms with Crippen molar-refractivity contribution in [2.75, 3.05) is 36.0 Å². The molecule has 12 heteroatoms. The molecule has 0 bridgehead atoms. The third kappa shape index (κ3) is 4.11. The van der Waals surface area contributed by atoms with Crippen LogP contribution in [-0.4, -0.2) is 70.2 Å². The molecule has 4 heterocycles. The molecule has 3 fully saturated rings. The first-order valence-corrected chi connectivity index (χ1v) is 11.7. The summed E-state index contributed by atoms with van der Waals surface area (Å²) in [5.41, 5.74) is 6.89. The number of carboxylic acid groups (broad SMARTS) is 1. The molecule has 2 saturated heterocycles. The van der Waals surface area contributed by atoms with Crippen LogP contribution in [0.2, 0.25) is 10.0 Å². The van der Waals surface area contributed by atoms with Crippen molar-refractivity contribution in [2.45, 2.75) is 31.8 Å². The van der Waals surface area contributed by atoms with Gasteiger partial charge in [-0.25, -0.2) is 9.78 Å². The second-order valence-corrected chi connectivity index (χ2v) is 9.78. The molecular formula is C21H25Cl2N7O3. The lowest BCUT2D eigenvalue weighted by Gasteiger charge is -2.31. The van der Waals surface area contributed by atoms with Gasteiger partial charge in [0.1, 0.15) is 11.5 Å². The zero-order chi connectivity index (χ0) is 23.4. The normalized spacial score (nSPS) is 24.7. The fraction of sp³-hybridized carbons (Fsp3) is 0.524. The average molecular weight is 494 g/mol. The van der Waals surface area contributed by atoms with Crippen LogP contribution in [0, 0.1) is 18.8 Å². The van der Waals surface area contributed by atoms with E-state index in [4.69, 9.17) is 28.9 Å². The van der Waals surface area contributed by atoms with Crippen LogP contribution in [0.4, 0.5) is 11.8 Å². The molecule has 1 unspecified atom stereocenters. The number of halogens is 2. The van der Waals surface area contributed by atoms with Crippen LogP contribution in [0.25, 0.3) is 0 Å². The number of nitrogens with one attached hydrogen (secondary N) is 2. The summed E-state index contributed by atoms with van der Waals surface area (Å²) in [5, 5.41) is 13.2. The predicted molar refractivity (Wildman–Crippen MR) is 124 cm³/mol. The van der Waals surface area contributed by atoms with Gasteiger partial charge < -0.3 is 30.9 Å². The van der Waals surface area contributed by atoms with Crippen molar-refractivity contribution in [3.8, 4) is 0 Å². The lowest BCUT2D eigenvalue weighted by molar-refractivity contribution is 0.0690. The van der Waals surface area contributed by atoms with Gasteiger partial charge in [0.2, 0.25) is 5.95 Å². The number of rotatable bonds is 5. The SMILES string of the molecule is Cc1[nH]c(C(=O)NC2[C@H]3CN(c4cc(C(=O)O)nc(N5CCC(N)CC5)n4)C[C@@H]23)c(Cl)c1Cl. The van der Waals surface area contributed by atoms with Gasteiger partial charge in [-0.3, -0.25) is 4.79 Å². The molecule has 1 saturated carbocycles. The molecule has 0 spiro atoms. The van der Waals surface area contributed by atoms with Gasteiger partial charge in [0.15, 0.2) is 5.69 Å². The van der Waals surface area contributed by atoms with Gasteiger partial charge in [-0.1, -0.05) is 23.2 Å². The Morgan fingerprint density at radius 3 is 2.39 bits per heavy atom. The van der Waals surface area contributed by atoms with E-state index in [1.165, 1.54) is 6.07 Å². The number of aromatic nitrogens is 3. The highest BCUT2D eigenvalue weighted by atomic mass is 35.5. The third-order valence-corrected chi connectivity index (χ3v) is 7.79. The quantitative estimate of drug-likeness (QED) is 0.494. The van der Waals surface area contributed by atoms with Crippen molar-refractivity contribution in [3.63, 3.8) is 0 Å². The lowest BCUT2D eigenvalue weighted by Crippen LogP contribution is -2.41. The number of aromatic amines is 1. The predicted octanol–water partition coefficient (Wildman–Crippen LogP) is 1.91. The van der Waals surface area contributed by atoms with Gasteiger partial charge in [-0.05, 0) is 19.8 Å². The van der Waals surface area contributed by atoms with Crippen molar-refractivity contribution in [1.82, 2.24) is 20.3 Å². The maximum atomic E-state index is 12.6. The van der Waals surface area contributed by atoms with Crippen LogP contribution in [0.15, 0.2) is 6.07 Å². The maximum absolute atomic E-state index is 12.6. The molecule has 176 valence electrons. The van der Waals surface area contributed by atoms with E-state index in [1.807, 2.05) is 4.90 Å². The van der Waals surface area contributed by atoms with E-state index in [2.05, 4.69) is 25.2 Å². The number of carboxylic acids is 1. The largest absolute Gasteiger partial charge is 0.477 e. The monoisotopic (exact) mass is 493 g/mol. The van der Waals surface area contributed by atoms with Gasteiger partial charge in [0, 0.05) is 61.9 Å². The fourth-order valence-corrected chi connectivity index (χ4v) is 5.23. The lowest BCUT2D eigenvalue weighted by atomic mass is 10.1. The zero-order valence-electron chi connectivity index (χ0n) is 18.0. The Morgan fingerprint density at radius 2 is 1.82 bits per heavy atom. The molecule has 2 aliphatic heterocycles. The molecule has 0 radical (unpaired) electrons. The number of hydrogen-bond acceptors (Lipinski definition) is 7. The number of piperidine rings is 2. The first kappa shape index (κ1) is 22.2. The second kappa shape index (κ2) is 8.34. The molecule has 0 aromatic carbocycles. The van der Waals surface area contributed by atoms with Crippen LogP contribution >= 0.6 is 23.2 Å². The second-order valence-electron chi connectivity index (χ2n) is 9.03. The molecule has 1 amide bonds. The van der Waals surface area contributed by atoms with Gasteiger partial charge in [-0.2, -0.15) is 4.98 Å². The average Bonchev–Trinajstić information content (AvgIpc) is 3.11. The topological polar surface area (TPSA) is 140 Å². The van der Waals surface area contributed by atoms with Gasteiger partial charge >= 0.3 is 5.97 Å². The molecule has 2 aromatic heterocycles. The molecule has 5 N–H and O–H groups in total. The Bertz CT molecular complexity index is 1100. The highest BCUT2D eigenvalue weighted by Gasteiger charge is 2.57. The summed E-state index contributed by atoms with van der Waals surface area (Å²) in [6, 6.07) is 1.71. The third-order valence-electron chi connectivity index (χ3n) is 6.84. The van der Waals surface area contributed by atoms with E-state index in [1.54, 1.807) is 6.92 Å². The van der Waals surface area contributed by atoms with Crippen LogP contribution in [0.3, 0.4) is 0 Å². The van der Waals surface area contributed by atoms with Crippen molar-refractivity contribution >= 4 is 46.8 Å². The molecule has 1 aliphatic carbocycles. The number of nitrogens with two attached hydrogens (primary N) is 1. The Kier molecular flexibility index (Phi) is 5.62. The van der Waals surface area contributed by atoms with E-state index < -0.39 is 5.97 Å². The molecule has 5 rings (SSSR count). The first-order chi connectivity index (χ1) is 15.7. The molecule has 33 heavy (non-hydrogen) atoms. The molecular weight excluding hydrogens is 469 g/mol. The highest BCUT2D eigenvalue weighted by molar-refractivity contribution is 6.44. The number of H-pyrrole nitrogens is 1. The van der Waals surface area contributed by atoms with E-state index in [0.717, 1.165) is 12.8 Å². The number of anilines is 2. The molecule has 10 nitrogen and oxygen atoms in total. The molecule has 3 aliphatic rings. The summed E-state index contributed by atoms with van der Waals surface area (Å²) >= 11 is 12.2. The molecule has 3 atom stereocenters. The van der Waals surface area contributed by atoms with E-state index in [0.29, 0.717) is 48.7 Å².